The molecule has 6 rings (SSSR count). The second-order valence-corrected chi connectivity index (χ2v) is 12.1. The van der Waals surface area contributed by atoms with Crippen LogP contribution in [0.25, 0.3) is 0 Å². The molecule has 226 valence electrons. The predicted octanol–water partition coefficient (Wildman–Crippen LogP) is 2.78. The molecule has 0 bridgehead atoms. The molecule has 0 spiro atoms. The van der Waals surface area contributed by atoms with Gasteiger partial charge >= 0.3 is 0 Å². The first kappa shape index (κ1) is 29.0. The fraction of sp³-hybridized carbons (Fsp3) is 0.581. The average Bonchev–Trinajstić information content (AvgIpc) is 3.68. The van der Waals surface area contributed by atoms with Crippen molar-refractivity contribution in [2.75, 3.05) is 26.8 Å². The van der Waals surface area contributed by atoms with Crippen LogP contribution in [-0.4, -0.2) is 71.7 Å². The van der Waals surface area contributed by atoms with Gasteiger partial charge in [0.05, 0.1) is 32.3 Å². The van der Waals surface area contributed by atoms with Gasteiger partial charge in [0.1, 0.15) is 11.6 Å². The van der Waals surface area contributed by atoms with Crippen LogP contribution in [0.4, 0.5) is 4.39 Å². The van der Waals surface area contributed by atoms with Crippen molar-refractivity contribution in [2.45, 2.75) is 76.2 Å². The molecule has 4 unspecified atom stereocenters. The molecular formula is C31H41FN6O4. The summed E-state index contributed by atoms with van der Waals surface area (Å²) in [4.78, 5) is 38.9. The molecule has 1 aliphatic carbocycles. The van der Waals surface area contributed by atoms with Crippen LogP contribution in [0.5, 0.6) is 5.75 Å². The highest BCUT2D eigenvalue weighted by Crippen LogP contribution is 2.40. The minimum Gasteiger partial charge on any atom is -0.496 e. The van der Waals surface area contributed by atoms with E-state index in [2.05, 4.69) is 27.2 Å². The number of piperidine rings is 1. The molecule has 4 heterocycles. The summed E-state index contributed by atoms with van der Waals surface area (Å²) in [5, 5.41) is 4.75. The van der Waals surface area contributed by atoms with Crippen molar-refractivity contribution in [3.8, 4) is 5.75 Å². The third-order valence-corrected chi connectivity index (χ3v) is 9.37. The molecular weight excluding hydrogens is 539 g/mol. The number of carbonyl (C=O) groups excluding carboxylic acids is 2. The van der Waals surface area contributed by atoms with Gasteiger partial charge in [-0.3, -0.25) is 29.7 Å². The molecule has 4 fully saturated rings. The zero-order valence-corrected chi connectivity index (χ0v) is 24.4. The number of halogens is 1. The van der Waals surface area contributed by atoms with Crippen LogP contribution < -0.4 is 20.9 Å². The molecule has 1 saturated carbocycles. The maximum Gasteiger partial charge on any atom is 0.263 e. The molecule has 1 aromatic heterocycles. The van der Waals surface area contributed by atoms with E-state index in [9.17, 15) is 14.0 Å². The van der Waals surface area contributed by atoms with Gasteiger partial charge in [0.25, 0.3) is 5.91 Å². The van der Waals surface area contributed by atoms with E-state index < -0.39 is 6.04 Å². The topological polar surface area (TPSA) is 108 Å². The van der Waals surface area contributed by atoms with Gasteiger partial charge in [0.15, 0.2) is 0 Å². The van der Waals surface area contributed by atoms with E-state index in [0.717, 1.165) is 31.4 Å². The van der Waals surface area contributed by atoms with Crippen molar-refractivity contribution in [2.24, 2.45) is 11.8 Å². The van der Waals surface area contributed by atoms with Crippen LogP contribution in [0, 0.1) is 24.6 Å². The van der Waals surface area contributed by atoms with E-state index in [-0.39, 0.29) is 42.2 Å². The second-order valence-electron chi connectivity index (χ2n) is 12.1. The van der Waals surface area contributed by atoms with Gasteiger partial charge < -0.3 is 10.1 Å². The van der Waals surface area contributed by atoms with Crippen LogP contribution in [-0.2, 0) is 21.0 Å². The van der Waals surface area contributed by atoms with Crippen LogP contribution in [0.15, 0.2) is 36.5 Å². The van der Waals surface area contributed by atoms with Gasteiger partial charge in [-0.1, -0.05) is 6.07 Å². The Balaban J connectivity index is 1.14. The van der Waals surface area contributed by atoms with Crippen molar-refractivity contribution in [3.63, 3.8) is 0 Å². The molecule has 42 heavy (non-hydrogen) atoms. The Kier molecular flexibility index (Phi) is 8.71. The van der Waals surface area contributed by atoms with E-state index >= 15 is 0 Å². The number of hydroxylamine groups is 2. The Bertz CT molecular complexity index is 1290. The minimum absolute atomic E-state index is 0.0612. The third-order valence-electron chi connectivity index (χ3n) is 9.37. The number of ether oxygens (including phenoxy) is 1. The molecule has 1 aromatic carbocycles. The lowest BCUT2D eigenvalue weighted by molar-refractivity contribution is -0.176. The molecule has 0 radical (unpaired) electrons. The molecule has 3 saturated heterocycles. The fourth-order valence-electron chi connectivity index (χ4n) is 7.20. The first-order valence-corrected chi connectivity index (χ1v) is 15.1. The van der Waals surface area contributed by atoms with Gasteiger partial charge in [0.2, 0.25) is 5.91 Å². The Morgan fingerprint density at radius 3 is 2.86 bits per heavy atom. The normalized spacial score (nSPS) is 29.7. The summed E-state index contributed by atoms with van der Waals surface area (Å²) in [6.45, 7) is 3.71. The summed E-state index contributed by atoms with van der Waals surface area (Å²) in [7, 11) is 1.52. The Morgan fingerprint density at radius 1 is 1.19 bits per heavy atom. The molecule has 2 amide bonds. The summed E-state index contributed by atoms with van der Waals surface area (Å²) in [6.07, 6.45) is 6.39. The molecule has 11 heteroatoms. The number of fused-ring (bicyclic) bond motifs is 1. The predicted molar refractivity (Wildman–Crippen MR) is 153 cm³/mol. The fourth-order valence-corrected chi connectivity index (χ4v) is 7.20. The summed E-state index contributed by atoms with van der Waals surface area (Å²) < 4.78 is 20.4. The lowest BCUT2D eigenvalue weighted by Gasteiger charge is -2.41. The standard InChI is InChI=1S/C31H41FN6O4/c1-19-15-20(11-12-33-19)29-23-16-21(7-9-26(23)35-36-29)30(39)34-22-8-10-27(31(40)38-13-4-14-42-38)37(17-22)18-24-25(32)5-3-6-28(24)41-2/h3,5-6,11-12,15,21-23,26-27,29,35-36H,4,7-10,13-14,16-18H2,1-2H3,(H,34,39)/t21?,22-,23?,26?,27+,29?/m1/s1. The highest BCUT2D eigenvalue weighted by Gasteiger charge is 2.44. The van der Waals surface area contributed by atoms with E-state index in [1.165, 1.54) is 23.8 Å². The van der Waals surface area contributed by atoms with E-state index in [0.29, 0.717) is 55.8 Å². The number of aryl methyl sites for hydroxylation is 1. The minimum atomic E-state index is -0.462. The second kappa shape index (κ2) is 12.6. The SMILES string of the molecule is COc1cccc(F)c1CN1C[C@H](NC(=O)C2CCC3NNC(c4ccnc(C)c4)C3C2)CC[C@H]1C(=O)N1CCCO1. The average molecular weight is 581 g/mol. The number of hydrogen-bond donors (Lipinski definition) is 3. The third kappa shape index (κ3) is 6.01. The van der Waals surface area contributed by atoms with E-state index in [4.69, 9.17) is 9.57 Å². The lowest BCUT2D eigenvalue weighted by atomic mass is 9.74. The highest BCUT2D eigenvalue weighted by atomic mass is 19.1. The number of nitrogens with zero attached hydrogens (tertiary/aromatic N) is 3. The molecule has 6 atom stereocenters. The summed E-state index contributed by atoms with van der Waals surface area (Å²) in [6, 6.07) is 8.76. The lowest BCUT2D eigenvalue weighted by Crippen LogP contribution is -2.57. The largest absolute Gasteiger partial charge is 0.496 e. The number of hydrazine groups is 1. The maximum absolute atomic E-state index is 14.9. The Labute approximate surface area is 246 Å². The maximum atomic E-state index is 14.9. The molecule has 2 aromatic rings. The Morgan fingerprint density at radius 2 is 2.07 bits per heavy atom. The van der Waals surface area contributed by atoms with Crippen molar-refractivity contribution in [1.82, 2.24) is 31.1 Å². The number of methoxy groups -OCH3 is 1. The van der Waals surface area contributed by atoms with E-state index in [1.807, 2.05) is 24.1 Å². The van der Waals surface area contributed by atoms with Gasteiger partial charge in [-0.2, -0.15) is 0 Å². The number of amides is 2. The summed E-state index contributed by atoms with van der Waals surface area (Å²) >= 11 is 0. The monoisotopic (exact) mass is 580 g/mol. The van der Waals surface area contributed by atoms with Crippen LogP contribution in [0.3, 0.4) is 0 Å². The van der Waals surface area contributed by atoms with Gasteiger partial charge in [0, 0.05) is 48.5 Å². The quantitative estimate of drug-likeness (QED) is 0.459. The number of likely N-dealkylation sites (tertiary alicyclic amines) is 1. The highest BCUT2D eigenvalue weighted by molar-refractivity contribution is 5.82. The van der Waals surface area contributed by atoms with Gasteiger partial charge in [-0.05, 0) is 81.2 Å². The zero-order valence-electron chi connectivity index (χ0n) is 24.4. The molecule has 3 aliphatic heterocycles. The van der Waals surface area contributed by atoms with Crippen LogP contribution in [0.1, 0.15) is 61.4 Å². The number of nitrogens with one attached hydrogen (secondary N) is 3. The Hall–Kier alpha value is -3.12. The number of hydrogen-bond acceptors (Lipinski definition) is 8. The first-order valence-electron chi connectivity index (χ1n) is 15.1. The van der Waals surface area contributed by atoms with Gasteiger partial charge in [-0.15, -0.1) is 0 Å². The van der Waals surface area contributed by atoms with Crippen molar-refractivity contribution < 1.29 is 23.6 Å². The van der Waals surface area contributed by atoms with E-state index in [1.54, 1.807) is 12.1 Å². The van der Waals surface area contributed by atoms with Crippen LogP contribution >= 0.6 is 0 Å². The summed E-state index contributed by atoms with van der Waals surface area (Å²) in [5.74, 6) is 0.236. The van der Waals surface area contributed by atoms with Crippen LogP contribution in [0.2, 0.25) is 0 Å². The number of pyridine rings is 1. The van der Waals surface area contributed by atoms with Crippen molar-refractivity contribution >= 4 is 11.8 Å². The molecule has 10 nitrogen and oxygen atoms in total. The zero-order chi connectivity index (χ0) is 29.2. The molecule has 3 N–H and O–H groups in total. The number of benzene rings is 1. The number of carbonyl (C=O) groups is 2. The molecule has 4 aliphatic rings. The smallest absolute Gasteiger partial charge is 0.263 e. The number of rotatable bonds is 7. The first-order chi connectivity index (χ1) is 20.4. The van der Waals surface area contributed by atoms with Crippen molar-refractivity contribution in [3.05, 3.63) is 59.2 Å². The van der Waals surface area contributed by atoms with Gasteiger partial charge in [-0.25, -0.2) is 14.9 Å². The van der Waals surface area contributed by atoms with Crippen molar-refractivity contribution in [1.29, 1.82) is 0 Å². The number of aromatic nitrogens is 1. The summed E-state index contributed by atoms with van der Waals surface area (Å²) in [5.41, 5.74) is 9.49.